The number of aliphatic imine (C=N–C) groups is 1. The SMILES string of the molecule is C/C(=N\c1ccccc1C(F)(F)F)c1cc(Cl)ccc1Cl. The van der Waals surface area contributed by atoms with E-state index in [0.717, 1.165) is 6.07 Å². The Kier molecular flexibility index (Phi) is 4.59. The third-order valence-electron chi connectivity index (χ3n) is 2.82. The molecule has 0 N–H and O–H groups in total. The number of rotatable bonds is 2. The minimum atomic E-state index is -4.46. The van der Waals surface area contributed by atoms with Crippen molar-refractivity contribution >= 4 is 34.6 Å². The van der Waals surface area contributed by atoms with Gasteiger partial charge in [0.15, 0.2) is 0 Å². The second-order valence-electron chi connectivity index (χ2n) is 4.34. The smallest absolute Gasteiger partial charge is 0.252 e. The molecular weight excluding hydrogens is 322 g/mol. The maximum atomic E-state index is 12.9. The van der Waals surface area contributed by atoms with Crippen molar-refractivity contribution < 1.29 is 13.2 Å². The van der Waals surface area contributed by atoms with E-state index in [1.54, 1.807) is 25.1 Å². The summed E-state index contributed by atoms with van der Waals surface area (Å²) in [6.07, 6.45) is -4.46. The first kappa shape index (κ1) is 15.9. The fraction of sp³-hybridized carbons (Fsp3) is 0.133. The molecule has 6 heteroatoms. The van der Waals surface area contributed by atoms with E-state index in [0.29, 0.717) is 21.3 Å². The van der Waals surface area contributed by atoms with Crippen LogP contribution in [0, 0.1) is 0 Å². The zero-order valence-corrected chi connectivity index (χ0v) is 12.4. The van der Waals surface area contributed by atoms with Crippen molar-refractivity contribution in [3.63, 3.8) is 0 Å². The van der Waals surface area contributed by atoms with Gasteiger partial charge in [-0.3, -0.25) is 4.99 Å². The van der Waals surface area contributed by atoms with Gasteiger partial charge in [-0.2, -0.15) is 13.2 Å². The minimum absolute atomic E-state index is 0.154. The van der Waals surface area contributed by atoms with E-state index in [1.165, 1.54) is 18.2 Å². The molecule has 0 aromatic heterocycles. The predicted molar refractivity (Wildman–Crippen MR) is 79.8 cm³/mol. The van der Waals surface area contributed by atoms with E-state index in [-0.39, 0.29) is 5.69 Å². The lowest BCUT2D eigenvalue weighted by Crippen LogP contribution is -2.05. The summed E-state index contributed by atoms with van der Waals surface area (Å²) >= 11 is 11.9. The summed E-state index contributed by atoms with van der Waals surface area (Å²) in [6, 6.07) is 9.87. The highest BCUT2D eigenvalue weighted by molar-refractivity contribution is 6.36. The standard InChI is InChI=1S/C15H10Cl2F3N/c1-9(11-8-10(16)6-7-13(11)17)21-14-5-3-2-4-12(14)15(18,19)20/h2-8H,1H3/b21-9+. The lowest BCUT2D eigenvalue weighted by molar-refractivity contribution is -0.137. The highest BCUT2D eigenvalue weighted by Crippen LogP contribution is 2.36. The van der Waals surface area contributed by atoms with Gasteiger partial charge in [0, 0.05) is 21.3 Å². The number of alkyl halides is 3. The molecule has 2 aromatic rings. The van der Waals surface area contributed by atoms with E-state index in [1.807, 2.05) is 0 Å². The molecule has 110 valence electrons. The minimum Gasteiger partial charge on any atom is -0.252 e. The molecule has 0 fully saturated rings. The number of hydrogen-bond donors (Lipinski definition) is 0. The van der Waals surface area contributed by atoms with Gasteiger partial charge in [-0.1, -0.05) is 35.3 Å². The Labute approximate surface area is 130 Å². The monoisotopic (exact) mass is 331 g/mol. The van der Waals surface area contributed by atoms with E-state index in [2.05, 4.69) is 4.99 Å². The second-order valence-corrected chi connectivity index (χ2v) is 5.18. The first-order valence-corrected chi connectivity index (χ1v) is 6.71. The van der Waals surface area contributed by atoms with Crippen molar-refractivity contribution in [2.45, 2.75) is 13.1 Å². The second kappa shape index (κ2) is 6.08. The van der Waals surface area contributed by atoms with Gasteiger partial charge in [-0.25, -0.2) is 0 Å². The third kappa shape index (κ3) is 3.77. The van der Waals surface area contributed by atoms with Crippen molar-refractivity contribution in [1.82, 2.24) is 0 Å². The summed E-state index contributed by atoms with van der Waals surface area (Å²) < 4.78 is 38.8. The average molecular weight is 332 g/mol. The van der Waals surface area contributed by atoms with Crippen LogP contribution in [0.5, 0.6) is 0 Å². The molecule has 0 atom stereocenters. The van der Waals surface area contributed by atoms with Crippen molar-refractivity contribution in [3.05, 3.63) is 63.6 Å². The summed E-state index contributed by atoms with van der Waals surface area (Å²) in [5.74, 6) is 0. The van der Waals surface area contributed by atoms with Gasteiger partial charge in [-0.15, -0.1) is 0 Å². The number of halogens is 5. The van der Waals surface area contributed by atoms with Gasteiger partial charge in [0.25, 0.3) is 0 Å². The van der Waals surface area contributed by atoms with Crippen LogP contribution in [-0.2, 0) is 6.18 Å². The zero-order chi connectivity index (χ0) is 15.6. The van der Waals surface area contributed by atoms with Gasteiger partial charge in [-0.05, 0) is 37.3 Å². The maximum absolute atomic E-state index is 12.9. The van der Waals surface area contributed by atoms with Crippen molar-refractivity contribution in [1.29, 1.82) is 0 Å². The third-order valence-corrected chi connectivity index (χ3v) is 3.38. The molecule has 0 radical (unpaired) electrons. The Balaban J connectivity index is 2.52. The lowest BCUT2D eigenvalue weighted by Gasteiger charge is -2.11. The van der Waals surface area contributed by atoms with Crippen LogP contribution >= 0.6 is 23.2 Å². The molecule has 2 aromatic carbocycles. The number of hydrogen-bond acceptors (Lipinski definition) is 1. The van der Waals surface area contributed by atoms with E-state index >= 15 is 0 Å². The molecule has 0 bridgehead atoms. The maximum Gasteiger partial charge on any atom is 0.418 e. The summed E-state index contributed by atoms with van der Waals surface area (Å²) in [5, 5.41) is 0.818. The van der Waals surface area contributed by atoms with E-state index < -0.39 is 11.7 Å². The topological polar surface area (TPSA) is 12.4 Å². The number of nitrogens with zero attached hydrogens (tertiary/aromatic N) is 1. The largest absolute Gasteiger partial charge is 0.418 e. The molecule has 0 aliphatic heterocycles. The zero-order valence-electron chi connectivity index (χ0n) is 10.9. The van der Waals surface area contributed by atoms with Crippen molar-refractivity contribution in [2.24, 2.45) is 4.99 Å². The summed E-state index contributed by atoms with van der Waals surface area (Å²) in [4.78, 5) is 4.05. The molecule has 1 nitrogen and oxygen atoms in total. The van der Waals surface area contributed by atoms with Crippen LogP contribution in [0.4, 0.5) is 18.9 Å². The summed E-state index contributed by atoms with van der Waals surface area (Å²) in [6.45, 7) is 1.59. The van der Waals surface area contributed by atoms with Crippen LogP contribution in [0.25, 0.3) is 0 Å². The molecule has 0 heterocycles. The first-order chi connectivity index (χ1) is 9.79. The molecule has 0 unspecified atom stereocenters. The van der Waals surface area contributed by atoms with Crippen LogP contribution in [-0.4, -0.2) is 5.71 Å². The van der Waals surface area contributed by atoms with Gasteiger partial charge in [0.05, 0.1) is 11.3 Å². The van der Waals surface area contributed by atoms with E-state index in [9.17, 15) is 13.2 Å². The van der Waals surface area contributed by atoms with Crippen molar-refractivity contribution in [3.8, 4) is 0 Å². The van der Waals surface area contributed by atoms with Gasteiger partial charge >= 0.3 is 6.18 Å². The molecule has 21 heavy (non-hydrogen) atoms. The molecule has 0 saturated carbocycles. The fourth-order valence-corrected chi connectivity index (χ4v) is 2.25. The Bertz CT molecular complexity index is 694. The van der Waals surface area contributed by atoms with Crippen LogP contribution in [0.2, 0.25) is 10.0 Å². The molecular formula is C15H10Cl2F3N. The average Bonchev–Trinajstić information content (AvgIpc) is 2.41. The molecule has 0 aliphatic rings. The highest BCUT2D eigenvalue weighted by atomic mass is 35.5. The molecule has 0 spiro atoms. The van der Waals surface area contributed by atoms with Gasteiger partial charge in [0.1, 0.15) is 0 Å². The predicted octanol–water partition coefficient (Wildman–Crippen LogP) is 6.15. The molecule has 0 saturated heterocycles. The first-order valence-electron chi connectivity index (χ1n) is 5.96. The van der Waals surface area contributed by atoms with Crippen LogP contribution in [0.1, 0.15) is 18.1 Å². The lowest BCUT2D eigenvalue weighted by atomic mass is 10.1. The Morgan fingerprint density at radius 3 is 2.38 bits per heavy atom. The summed E-state index contributed by atoms with van der Waals surface area (Å²) in [5.41, 5.74) is -0.0820. The van der Waals surface area contributed by atoms with E-state index in [4.69, 9.17) is 23.2 Å². The van der Waals surface area contributed by atoms with Crippen LogP contribution in [0.3, 0.4) is 0 Å². The quantitative estimate of drug-likeness (QED) is 0.585. The normalized spacial score (nSPS) is 12.6. The Morgan fingerprint density at radius 2 is 1.71 bits per heavy atom. The number of para-hydroxylation sites is 1. The van der Waals surface area contributed by atoms with Gasteiger partial charge < -0.3 is 0 Å². The van der Waals surface area contributed by atoms with Crippen LogP contribution in [0.15, 0.2) is 47.5 Å². The van der Waals surface area contributed by atoms with Crippen molar-refractivity contribution in [2.75, 3.05) is 0 Å². The highest BCUT2D eigenvalue weighted by Gasteiger charge is 2.33. The number of benzene rings is 2. The fourth-order valence-electron chi connectivity index (χ4n) is 1.83. The van der Waals surface area contributed by atoms with Gasteiger partial charge in [0.2, 0.25) is 0 Å². The Morgan fingerprint density at radius 1 is 1.05 bits per heavy atom. The molecule has 0 amide bonds. The molecule has 2 rings (SSSR count). The van der Waals surface area contributed by atoms with Crippen LogP contribution < -0.4 is 0 Å². The summed E-state index contributed by atoms with van der Waals surface area (Å²) in [7, 11) is 0. The molecule has 0 aliphatic carbocycles. The Hall–Kier alpha value is -1.52.